The van der Waals surface area contributed by atoms with Gasteiger partial charge in [0.2, 0.25) is 5.95 Å². The molecule has 136 valence electrons. The number of aromatic nitrogens is 4. The monoisotopic (exact) mass is 453 g/mol. The number of thiazole rings is 1. The molecule has 0 aliphatic carbocycles. The van der Waals surface area contributed by atoms with Gasteiger partial charge in [-0.3, -0.25) is 0 Å². The topological polar surface area (TPSA) is 64.0 Å². The average molecular weight is 455 g/mol. The van der Waals surface area contributed by atoms with Crippen LogP contribution in [-0.4, -0.2) is 39.1 Å². The second-order valence-electron chi connectivity index (χ2n) is 6.29. The normalized spacial score (nSPS) is 16.8. The van der Waals surface area contributed by atoms with Crippen molar-refractivity contribution in [1.82, 2.24) is 19.9 Å². The Morgan fingerprint density at radius 1 is 1.23 bits per heavy atom. The molecule has 4 rings (SSSR count). The molecule has 0 spiro atoms. The Labute approximate surface area is 168 Å². The fraction of sp³-hybridized carbons (Fsp3) is 0.412. The Bertz CT molecular complexity index is 898. The highest BCUT2D eigenvalue weighted by Gasteiger charge is 2.27. The Hall–Kier alpha value is -1.51. The Morgan fingerprint density at radius 2 is 1.96 bits per heavy atom. The highest BCUT2D eigenvalue weighted by atomic mass is 79.9. The number of ether oxygens (including phenoxy) is 1. The van der Waals surface area contributed by atoms with Crippen molar-refractivity contribution >= 4 is 55.2 Å². The standard InChI is InChI=1S/C17H17BrClN5OS/c1-10(25-17-22-13-2-3-14(18)23-15(13)26-17)11-4-6-24(7-5-11)16-20-8-12(19)9-21-16/h2-3,8-11H,4-7H2,1H3. The minimum Gasteiger partial charge on any atom is -0.467 e. The van der Waals surface area contributed by atoms with Gasteiger partial charge in [0.15, 0.2) is 0 Å². The first-order valence-electron chi connectivity index (χ1n) is 8.41. The van der Waals surface area contributed by atoms with E-state index in [1.165, 1.54) is 11.3 Å². The third-order valence-electron chi connectivity index (χ3n) is 4.58. The lowest BCUT2D eigenvalue weighted by Crippen LogP contribution is -2.39. The van der Waals surface area contributed by atoms with Crippen LogP contribution in [0.15, 0.2) is 29.1 Å². The first-order valence-corrected chi connectivity index (χ1v) is 10.4. The van der Waals surface area contributed by atoms with E-state index >= 15 is 0 Å². The maximum Gasteiger partial charge on any atom is 0.276 e. The number of nitrogens with zero attached hydrogens (tertiary/aromatic N) is 5. The van der Waals surface area contributed by atoms with E-state index in [0.717, 1.165) is 46.8 Å². The molecule has 6 nitrogen and oxygen atoms in total. The molecule has 1 aliphatic rings. The predicted molar refractivity (Wildman–Crippen MR) is 107 cm³/mol. The molecule has 1 fully saturated rings. The highest BCUT2D eigenvalue weighted by molar-refractivity contribution is 9.10. The van der Waals surface area contributed by atoms with Gasteiger partial charge >= 0.3 is 0 Å². The first kappa shape index (κ1) is 17.9. The molecule has 0 amide bonds. The minimum atomic E-state index is 0.104. The van der Waals surface area contributed by atoms with E-state index in [1.54, 1.807) is 12.4 Å². The summed E-state index contributed by atoms with van der Waals surface area (Å²) in [5, 5.41) is 1.24. The Balaban J connectivity index is 1.36. The summed E-state index contributed by atoms with van der Waals surface area (Å²) in [6, 6.07) is 3.84. The number of halogens is 2. The molecule has 0 bridgehead atoms. The summed E-state index contributed by atoms with van der Waals surface area (Å²) in [5.41, 5.74) is 0.870. The predicted octanol–water partition coefficient (Wildman–Crippen LogP) is 4.58. The van der Waals surface area contributed by atoms with Gasteiger partial charge in [-0.25, -0.2) is 19.9 Å². The zero-order valence-corrected chi connectivity index (χ0v) is 17.3. The van der Waals surface area contributed by atoms with Crippen LogP contribution in [-0.2, 0) is 0 Å². The number of anilines is 1. The fourth-order valence-electron chi connectivity index (χ4n) is 3.12. The summed E-state index contributed by atoms with van der Waals surface area (Å²) in [6.45, 7) is 3.94. The second-order valence-corrected chi connectivity index (χ2v) is 8.48. The van der Waals surface area contributed by atoms with Gasteiger partial charge < -0.3 is 9.64 Å². The molecule has 0 aromatic carbocycles. The summed E-state index contributed by atoms with van der Waals surface area (Å²) < 4.78 is 6.93. The van der Waals surface area contributed by atoms with Crippen molar-refractivity contribution in [2.24, 2.45) is 5.92 Å². The minimum absolute atomic E-state index is 0.104. The second kappa shape index (κ2) is 7.62. The quantitative estimate of drug-likeness (QED) is 0.538. The van der Waals surface area contributed by atoms with E-state index < -0.39 is 0 Å². The lowest BCUT2D eigenvalue weighted by Gasteiger charge is -2.34. The molecule has 9 heteroatoms. The lowest BCUT2D eigenvalue weighted by atomic mass is 9.92. The van der Waals surface area contributed by atoms with Crippen LogP contribution in [0, 0.1) is 5.92 Å². The van der Waals surface area contributed by atoms with Crippen LogP contribution in [0.4, 0.5) is 5.95 Å². The molecule has 0 radical (unpaired) electrons. The molecule has 1 atom stereocenters. The molecule has 1 aliphatic heterocycles. The van der Waals surface area contributed by atoms with Crippen molar-refractivity contribution in [2.45, 2.75) is 25.9 Å². The van der Waals surface area contributed by atoms with E-state index in [2.05, 4.69) is 47.7 Å². The zero-order chi connectivity index (χ0) is 18.1. The van der Waals surface area contributed by atoms with Gasteiger partial charge in [0, 0.05) is 13.1 Å². The van der Waals surface area contributed by atoms with Gasteiger partial charge in [0.05, 0.1) is 17.4 Å². The van der Waals surface area contributed by atoms with E-state index in [9.17, 15) is 0 Å². The third kappa shape index (κ3) is 3.92. The van der Waals surface area contributed by atoms with Crippen LogP contribution in [0.1, 0.15) is 19.8 Å². The van der Waals surface area contributed by atoms with Crippen LogP contribution < -0.4 is 9.64 Å². The lowest BCUT2D eigenvalue weighted by molar-refractivity contribution is 0.132. The van der Waals surface area contributed by atoms with Crippen LogP contribution in [0.5, 0.6) is 5.19 Å². The van der Waals surface area contributed by atoms with Gasteiger partial charge in [0.25, 0.3) is 5.19 Å². The maximum atomic E-state index is 6.12. The number of hydrogen-bond acceptors (Lipinski definition) is 7. The van der Waals surface area contributed by atoms with Crippen LogP contribution in [0.2, 0.25) is 5.02 Å². The van der Waals surface area contributed by atoms with Crippen molar-refractivity contribution in [1.29, 1.82) is 0 Å². The highest BCUT2D eigenvalue weighted by Crippen LogP contribution is 2.31. The molecule has 3 aromatic heterocycles. The van der Waals surface area contributed by atoms with Gasteiger partial charge in [-0.15, -0.1) is 0 Å². The summed E-state index contributed by atoms with van der Waals surface area (Å²) in [6.07, 6.45) is 5.44. The van der Waals surface area contributed by atoms with E-state index in [1.807, 2.05) is 12.1 Å². The van der Waals surface area contributed by atoms with Crippen LogP contribution >= 0.6 is 38.9 Å². The van der Waals surface area contributed by atoms with Crippen LogP contribution in [0.25, 0.3) is 10.3 Å². The molecular weight excluding hydrogens is 438 g/mol. The largest absolute Gasteiger partial charge is 0.467 e. The number of rotatable bonds is 4. The molecular formula is C17H17BrClN5OS. The first-order chi connectivity index (χ1) is 12.6. The third-order valence-corrected chi connectivity index (χ3v) is 6.07. The number of pyridine rings is 1. The Kier molecular flexibility index (Phi) is 5.24. The molecule has 1 saturated heterocycles. The fourth-order valence-corrected chi connectivity index (χ4v) is 4.51. The van der Waals surface area contributed by atoms with Gasteiger partial charge in [-0.05, 0) is 53.7 Å². The molecule has 0 saturated carbocycles. The SMILES string of the molecule is CC(Oc1nc2ccc(Br)nc2s1)C1CCN(c2ncc(Cl)cn2)CC1. The van der Waals surface area contributed by atoms with E-state index in [-0.39, 0.29) is 6.10 Å². The molecule has 3 aromatic rings. The average Bonchev–Trinajstić information content (AvgIpc) is 3.03. The summed E-state index contributed by atoms with van der Waals surface area (Å²) in [7, 11) is 0. The summed E-state index contributed by atoms with van der Waals surface area (Å²) in [4.78, 5) is 20.6. The van der Waals surface area contributed by atoms with Crippen molar-refractivity contribution in [2.75, 3.05) is 18.0 Å². The smallest absolute Gasteiger partial charge is 0.276 e. The van der Waals surface area contributed by atoms with E-state index in [0.29, 0.717) is 16.1 Å². The summed E-state index contributed by atoms with van der Waals surface area (Å²) >= 11 is 10.7. The maximum absolute atomic E-state index is 6.12. The zero-order valence-electron chi connectivity index (χ0n) is 14.1. The summed E-state index contributed by atoms with van der Waals surface area (Å²) in [5.74, 6) is 1.22. The number of fused-ring (bicyclic) bond motifs is 1. The number of piperidine rings is 1. The van der Waals surface area contributed by atoms with Crippen molar-refractivity contribution < 1.29 is 4.74 Å². The molecule has 4 heterocycles. The van der Waals surface area contributed by atoms with Gasteiger partial charge in [-0.1, -0.05) is 22.9 Å². The van der Waals surface area contributed by atoms with E-state index in [4.69, 9.17) is 16.3 Å². The number of hydrogen-bond donors (Lipinski definition) is 0. The van der Waals surface area contributed by atoms with Gasteiger partial charge in [-0.2, -0.15) is 0 Å². The van der Waals surface area contributed by atoms with Crippen molar-refractivity contribution in [3.05, 3.63) is 34.2 Å². The van der Waals surface area contributed by atoms with Crippen molar-refractivity contribution in [3.63, 3.8) is 0 Å². The Morgan fingerprint density at radius 3 is 2.69 bits per heavy atom. The molecule has 0 N–H and O–H groups in total. The van der Waals surface area contributed by atoms with Crippen LogP contribution in [0.3, 0.4) is 0 Å². The van der Waals surface area contributed by atoms with Gasteiger partial charge in [0.1, 0.15) is 21.1 Å². The molecule has 1 unspecified atom stereocenters. The molecule has 26 heavy (non-hydrogen) atoms. The van der Waals surface area contributed by atoms with Crippen molar-refractivity contribution in [3.8, 4) is 5.19 Å².